The van der Waals surface area contributed by atoms with Crippen molar-refractivity contribution in [3.05, 3.63) is 53.3 Å². The van der Waals surface area contributed by atoms with E-state index in [0.717, 1.165) is 43.7 Å². The molecule has 0 spiro atoms. The van der Waals surface area contributed by atoms with Gasteiger partial charge in [-0.2, -0.15) is 0 Å². The van der Waals surface area contributed by atoms with Crippen LogP contribution in [0, 0.1) is 29.3 Å². The summed E-state index contributed by atoms with van der Waals surface area (Å²) in [6, 6.07) is 9.58. The summed E-state index contributed by atoms with van der Waals surface area (Å²) in [5.41, 5.74) is -0.0333. The highest BCUT2D eigenvalue weighted by Crippen LogP contribution is 2.41. The standard InChI is InChI=1S/C31H40F6OSi/c1-2-3-4-15-39-16-13-22(14-17-39)6-5-21-7-9-23(10-8-21)25-19-27(33)30(28(34)20-25)24-11-12-29(26(32)18-24)38-31(35,36)37/h11-12,18-23,39H,2-10,13-17H2,1H3. The van der Waals surface area contributed by atoms with E-state index in [-0.39, 0.29) is 11.5 Å². The highest BCUT2D eigenvalue weighted by Gasteiger charge is 2.33. The molecular weight excluding hydrogens is 530 g/mol. The van der Waals surface area contributed by atoms with E-state index in [1.54, 1.807) is 0 Å². The Hall–Kier alpha value is -1.96. The minimum Gasteiger partial charge on any atom is -0.403 e. The van der Waals surface area contributed by atoms with Crippen molar-refractivity contribution in [1.29, 1.82) is 0 Å². The van der Waals surface area contributed by atoms with Crippen LogP contribution in [-0.4, -0.2) is 15.2 Å². The Kier molecular flexibility index (Phi) is 10.5. The molecular formula is C31H40F6OSi. The first kappa shape index (κ1) is 30.0. The minimum atomic E-state index is -5.06. The van der Waals surface area contributed by atoms with E-state index in [1.165, 1.54) is 75.2 Å². The van der Waals surface area contributed by atoms with Gasteiger partial charge in [-0.15, -0.1) is 13.2 Å². The summed E-state index contributed by atoms with van der Waals surface area (Å²) in [5.74, 6) is -2.44. The first-order chi connectivity index (χ1) is 18.6. The molecule has 0 amide bonds. The maximum atomic E-state index is 15.0. The summed E-state index contributed by atoms with van der Waals surface area (Å²) in [5, 5.41) is 0. The summed E-state index contributed by atoms with van der Waals surface area (Å²) >= 11 is 0. The average molecular weight is 571 g/mol. The Morgan fingerprint density at radius 1 is 0.795 bits per heavy atom. The molecule has 1 aliphatic heterocycles. The fraction of sp³-hybridized carbons (Fsp3) is 0.613. The summed E-state index contributed by atoms with van der Waals surface area (Å²) < 4.78 is 84.9. The van der Waals surface area contributed by atoms with E-state index >= 15 is 8.78 Å². The molecule has 0 aromatic heterocycles. The molecule has 1 saturated heterocycles. The molecule has 2 aromatic rings. The highest BCUT2D eigenvalue weighted by atomic mass is 28.3. The molecule has 0 atom stereocenters. The van der Waals surface area contributed by atoms with E-state index in [0.29, 0.717) is 17.5 Å². The Labute approximate surface area is 229 Å². The van der Waals surface area contributed by atoms with Crippen LogP contribution in [0.1, 0.15) is 89.0 Å². The first-order valence-corrected chi connectivity index (χ1v) is 17.1. The van der Waals surface area contributed by atoms with Gasteiger partial charge in [0, 0.05) is 8.80 Å². The van der Waals surface area contributed by atoms with E-state index in [9.17, 15) is 17.6 Å². The van der Waals surface area contributed by atoms with Crippen LogP contribution in [0.25, 0.3) is 11.1 Å². The third-order valence-corrected chi connectivity index (χ3v) is 12.5. The third-order valence-electron chi connectivity index (χ3n) is 8.99. The lowest BCUT2D eigenvalue weighted by Crippen LogP contribution is -2.22. The molecule has 0 N–H and O–H groups in total. The predicted octanol–water partition coefficient (Wildman–Crippen LogP) is 10.6. The molecule has 216 valence electrons. The molecule has 1 heterocycles. The van der Waals surface area contributed by atoms with Gasteiger partial charge < -0.3 is 4.74 Å². The van der Waals surface area contributed by atoms with Crippen molar-refractivity contribution in [1.82, 2.24) is 0 Å². The second kappa shape index (κ2) is 13.6. The maximum absolute atomic E-state index is 15.0. The number of alkyl halides is 3. The van der Waals surface area contributed by atoms with E-state index < -0.39 is 43.9 Å². The van der Waals surface area contributed by atoms with Gasteiger partial charge in [-0.05, 0) is 78.8 Å². The zero-order valence-corrected chi connectivity index (χ0v) is 23.9. The van der Waals surface area contributed by atoms with Gasteiger partial charge in [0.2, 0.25) is 0 Å². The Balaban J connectivity index is 1.28. The molecule has 1 aliphatic carbocycles. The molecule has 1 saturated carbocycles. The first-order valence-electron chi connectivity index (χ1n) is 14.7. The Morgan fingerprint density at radius 3 is 1.97 bits per heavy atom. The molecule has 39 heavy (non-hydrogen) atoms. The van der Waals surface area contributed by atoms with Gasteiger partial charge in [0.15, 0.2) is 11.6 Å². The summed E-state index contributed by atoms with van der Waals surface area (Å²) in [6.07, 6.45) is 8.37. The van der Waals surface area contributed by atoms with Crippen molar-refractivity contribution >= 4 is 8.80 Å². The van der Waals surface area contributed by atoms with Gasteiger partial charge >= 0.3 is 6.36 Å². The minimum absolute atomic E-state index is 0.0724. The molecule has 0 unspecified atom stereocenters. The molecule has 2 aliphatic rings. The summed E-state index contributed by atoms with van der Waals surface area (Å²) in [4.78, 5) is 0. The fourth-order valence-corrected chi connectivity index (χ4v) is 10.3. The van der Waals surface area contributed by atoms with Crippen molar-refractivity contribution in [2.24, 2.45) is 11.8 Å². The van der Waals surface area contributed by atoms with Crippen LogP contribution in [0.2, 0.25) is 18.1 Å². The van der Waals surface area contributed by atoms with Gasteiger partial charge in [0.25, 0.3) is 0 Å². The largest absolute Gasteiger partial charge is 0.573 e. The molecule has 8 heteroatoms. The van der Waals surface area contributed by atoms with Crippen LogP contribution in [0.4, 0.5) is 26.3 Å². The molecule has 2 aromatic carbocycles. The van der Waals surface area contributed by atoms with Crippen LogP contribution < -0.4 is 4.74 Å². The number of hydrogen-bond donors (Lipinski definition) is 0. The molecule has 1 nitrogen and oxygen atoms in total. The van der Waals surface area contributed by atoms with Crippen LogP contribution in [-0.2, 0) is 0 Å². The van der Waals surface area contributed by atoms with Crippen molar-refractivity contribution in [2.45, 2.75) is 108 Å². The van der Waals surface area contributed by atoms with Crippen molar-refractivity contribution in [2.75, 3.05) is 0 Å². The normalized spacial score (nSPS) is 24.1. The van der Waals surface area contributed by atoms with Crippen LogP contribution in [0.5, 0.6) is 5.75 Å². The number of hydrogen-bond acceptors (Lipinski definition) is 1. The topological polar surface area (TPSA) is 9.23 Å². The van der Waals surface area contributed by atoms with Crippen molar-refractivity contribution < 1.29 is 31.1 Å². The van der Waals surface area contributed by atoms with Crippen molar-refractivity contribution in [3.8, 4) is 16.9 Å². The Morgan fingerprint density at radius 2 is 1.41 bits per heavy atom. The maximum Gasteiger partial charge on any atom is 0.573 e. The Bertz CT molecular complexity index is 1050. The SMILES string of the molecule is CCCCC[SiH]1CCC(CCC2CCC(c3cc(F)c(-c4ccc(OC(F)(F)F)c(F)c4)c(F)c3)CC2)CC1. The molecule has 0 bridgehead atoms. The van der Waals surface area contributed by atoms with Gasteiger partial charge in [-0.1, -0.05) is 76.1 Å². The summed E-state index contributed by atoms with van der Waals surface area (Å²) in [6.45, 7) is 2.27. The van der Waals surface area contributed by atoms with Crippen molar-refractivity contribution in [3.63, 3.8) is 0 Å². The second-order valence-electron chi connectivity index (χ2n) is 11.7. The van der Waals surface area contributed by atoms with Gasteiger partial charge in [-0.25, -0.2) is 13.2 Å². The van der Waals surface area contributed by atoms with Crippen LogP contribution in [0.3, 0.4) is 0 Å². The average Bonchev–Trinajstić information content (AvgIpc) is 2.89. The summed E-state index contributed by atoms with van der Waals surface area (Å²) in [7, 11) is -0.470. The number of benzene rings is 2. The lowest BCUT2D eigenvalue weighted by atomic mass is 9.76. The van der Waals surface area contributed by atoms with E-state index in [1.807, 2.05) is 0 Å². The van der Waals surface area contributed by atoms with E-state index in [4.69, 9.17) is 0 Å². The fourth-order valence-electron chi connectivity index (χ4n) is 6.72. The number of ether oxygens (including phenoxy) is 1. The van der Waals surface area contributed by atoms with Gasteiger partial charge in [0.1, 0.15) is 11.6 Å². The predicted molar refractivity (Wildman–Crippen MR) is 146 cm³/mol. The lowest BCUT2D eigenvalue weighted by Gasteiger charge is -2.32. The molecule has 2 fully saturated rings. The quantitative estimate of drug-likeness (QED) is 0.157. The lowest BCUT2D eigenvalue weighted by molar-refractivity contribution is -0.275. The zero-order valence-electron chi connectivity index (χ0n) is 22.8. The van der Waals surface area contributed by atoms with Gasteiger partial charge in [0.05, 0.1) is 5.56 Å². The van der Waals surface area contributed by atoms with Gasteiger partial charge in [-0.3, -0.25) is 0 Å². The van der Waals surface area contributed by atoms with E-state index in [2.05, 4.69) is 11.7 Å². The monoisotopic (exact) mass is 570 g/mol. The molecule has 0 radical (unpaired) electrons. The number of rotatable bonds is 10. The third kappa shape index (κ3) is 8.51. The highest BCUT2D eigenvalue weighted by molar-refractivity contribution is 6.58. The number of unbranched alkanes of at least 4 members (excludes halogenated alkanes) is 2. The molecule has 4 rings (SSSR count). The van der Waals surface area contributed by atoms with Crippen LogP contribution >= 0.6 is 0 Å². The second-order valence-corrected chi connectivity index (χ2v) is 15.2. The number of halogens is 6. The smallest absolute Gasteiger partial charge is 0.403 e. The van der Waals surface area contributed by atoms with Crippen LogP contribution in [0.15, 0.2) is 30.3 Å². The zero-order chi connectivity index (χ0) is 28.0.